The molecule has 0 aliphatic heterocycles. The second kappa shape index (κ2) is 7.38. The van der Waals surface area contributed by atoms with Crippen LogP contribution in [-0.2, 0) is 6.18 Å². The van der Waals surface area contributed by atoms with Crippen molar-refractivity contribution in [2.45, 2.75) is 6.18 Å². The zero-order valence-electron chi connectivity index (χ0n) is 15.5. The van der Waals surface area contributed by atoms with E-state index >= 15 is 0 Å². The number of nitrogens with two attached hydrogens (primary N) is 1. The van der Waals surface area contributed by atoms with Crippen LogP contribution >= 0.6 is 0 Å². The first-order valence-electron chi connectivity index (χ1n) is 8.82. The Bertz CT molecular complexity index is 1310. The molecule has 0 saturated carbocycles. The zero-order valence-corrected chi connectivity index (χ0v) is 15.5. The zero-order chi connectivity index (χ0) is 22.3. The Kier molecular flexibility index (Phi) is 4.84. The van der Waals surface area contributed by atoms with Gasteiger partial charge in [0.1, 0.15) is 23.0 Å². The smallest absolute Gasteiger partial charge is 0.410 e. The van der Waals surface area contributed by atoms with Gasteiger partial charge in [-0.3, -0.25) is 4.40 Å². The van der Waals surface area contributed by atoms with Crippen molar-refractivity contribution in [3.63, 3.8) is 0 Å². The quantitative estimate of drug-likeness (QED) is 0.205. The lowest BCUT2D eigenvalue weighted by molar-refractivity contribution is -0.137. The molecule has 10 heteroatoms. The fourth-order valence-electron chi connectivity index (χ4n) is 3.24. The van der Waals surface area contributed by atoms with Crippen molar-refractivity contribution in [1.82, 2.24) is 9.38 Å². The molecule has 0 fully saturated rings. The van der Waals surface area contributed by atoms with Crippen LogP contribution in [-0.4, -0.2) is 20.3 Å². The van der Waals surface area contributed by atoms with E-state index in [9.17, 15) is 27.2 Å². The highest BCUT2D eigenvalue weighted by Crippen LogP contribution is 2.35. The van der Waals surface area contributed by atoms with Crippen molar-refractivity contribution in [3.05, 3.63) is 89.1 Å². The summed E-state index contributed by atoms with van der Waals surface area (Å²) in [7, 11) is 0. The Balaban J connectivity index is 1.87. The molecule has 0 radical (unpaired) electrons. The highest BCUT2D eigenvalue weighted by atomic mass is 19.4. The van der Waals surface area contributed by atoms with Crippen molar-refractivity contribution >= 4 is 17.2 Å². The molecule has 5 nitrogen and oxygen atoms in total. The number of halogens is 5. The van der Waals surface area contributed by atoms with Gasteiger partial charge >= 0.3 is 6.18 Å². The van der Waals surface area contributed by atoms with Crippen molar-refractivity contribution in [2.24, 2.45) is 5.16 Å². The molecule has 2 aromatic heterocycles. The van der Waals surface area contributed by atoms with E-state index in [1.165, 1.54) is 40.9 Å². The standard InChI is InChI=1S/C21H13F5N4O/c22-14-5-1-11(2-6-14)18(29-31)12-3-8-17-28-20(27)19(30(17)10-12)15-7-4-13(9-16(15)23)21(24,25)26/h1-10,31H,27H2/b29-18+. The van der Waals surface area contributed by atoms with E-state index in [4.69, 9.17) is 5.73 Å². The molecule has 0 spiro atoms. The van der Waals surface area contributed by atoms with Gasteiger partial charge in [-0.2, -0.15) is 13.2 Å². The summed E-state index contributed by atoms with van der Waals surface area (Å²) in [5.41, 5.74) is 5.80. The minimum Gasteiger partial charge on any atom is -0.410 e. The van der Waals surface area contributed by atoms with E-state index in [1.807, 2.05) is 0 Å². The van der Waals surface area contributed by atoms with E-state index in [-0.39, 0.29) is 22.8 Å². The van der Waals surface area contributed by atoms with E-state index in [0.717, 1.165) is 12.1 Å². The van der Waals surface area contributed by atoms with Gasteiger partial charge in [0.25, 0.3) is 0 Å². The summed E-state index contributed by atoms with van der Waals surface area (Å²) in [6, 6.07) is 10.4. The van der Waals surface area contributed by atoms with E-state index < -0.39 is 23.4 Å². The van der Waals surface area contributed by atoms with E-state index in [0.29, 0.717) is 22.8 Å². The van der Waals surface area contributed by atoms with Gasteiger partial charge in [-0.25, -0.2) is 13.8 Å². The third-order valence-electron chi connectivity index (χ3n) is 4.69. The van der Waals surface area contributed by atoms with Crippen LogP contribution in [0.3, 0.4) is 0 Å². The highest BCUT2D eigenvalue weighted by Gasteiger charge is 2.31. The number of nitrogen functional groups attached to an aromatic ring is 1. The molecular weight excluding hydrogens is 419 g/mol. The first-order chi connectivity index (χ1) is 14.7. The monoisotopic (exact) mass is 432 g/mol. The van der Waals surface area contributed by atoms with Gasteiger partial charge in [-0.05, 0) is 54.6 Å². The lowest BCUT2D eigenvalue weighted by Crippen LogP contribution is -2.07. The summed E-state index contributed by atoms with van der Waals surface area (Å²) in [4.78, 5) is 4.11. The number of benzene rings is 2. The molecular formula is C21H13F5N4O. The Hall–Kier alpha value is -3.95. The van der Waals surface area contributed by atoms with Crippen LogP contribution in [0.15, 0.2) is 65.9 Å². The lowest BCUT2D eigenvalue weighted by atomic mass is 10.0. The number of oxime groups is 1. The predicted octanol–water partition coefficient (Wildman–Crippen LogP) is 5.11. The minimum atomic E-state index is -4.70. The fourth-order valence-corrected chi connectivity index (χ4v) is 3.24. The topological polar surface area (TPSA) is 75.9 Å². The first-order valence-corrected chi connectivity index (χ1v) is 8.82. The van der Waals surface area contributed by atoms with Crippen LogP contribution in [0.4, 0.5) is 27.8 Å². The summed E-state index contributed by atoms with van der Waals surface area (Å²) < 4.78 is 67.8. The van der Waals surface area contributed by atoms with Gasteiger partial charge in [-0.15, -0.1) is 0 Å². The Morgan fingerprint density at radius 3 is 2.26 bits per heavy atom. The summed E-state index contributed by atoms with van der Waals surface area (Å²) in [6.07, 6.45) is -3.25. The van der Waals surface area contributed by atoms with Crippen LogP contribution in [0.2, 0.25) is 0 Å². The van der Waals surface area contributed by atoms with Gasteiger partial charge in [0, 0.05) is 22.9 Å². The second-order valence-electron chi connectivity index (χ2n) is 6.64. The molecule has 0 aliphatic rings. The third-order valence-corrected chi connectivity index (χ3v) is 4.69. The summed E-state index contributed by atoms with van der Waals surface area (Å²) in [5, 5.41) is 12.8. The number of imidazole rings is 1. The molecule has 2 heterocycles. The second-order valence-corrected chi connectivity index (χ2v) is 6.64. The molecule has 4 rings (SSSR count). The third kappa shape index (κ3) is 3.67. The van der Waals surface area contributed by atoms with Gasteiger partial charge < -0.3 is 10.9 Å². The maximum absolute atomic E-state index is 14.6. The number of pyridine rings is 1. The number of alkyl halides is 3. The van der Waals surface area contributed by atoms with Crippen LogP contribution in [0, 0.1) is 11.6 Å². The van der Waals surface area contributed by atoms with Gasteiger partial charge in [0.2, 0.25) is 0 Å². The number of nitrogens with zero attached hydrogens (tertiary/aromatic N) is 3. The maximum atomic E-state index is 14.6. The number of fused-ring (bicyclic) bond motifs is 1. The Morgan fingerprint density at radius 2 is 1.65 bits per heavy atom. The molecule has 0 unspecified atom stereocenters. The van der Waals surface area contributed by atoms with Gasteiger partial charge in [0.05, 0.1) is 11.3 Å². The molecule has 0 bridgehead atoms. The van der Waals surface area contributed by atoms with Crippen molar-refractivity contribution < 1.29 is 27.2 Å². The van der Waals surface area contributed by atoms with Gasteiger partial charge in [-0.1, -0.05) is 5.16 Å². The number of hydrogen-bond acceptors (Lipinski definition) is 4. The maximum Gasteiger partial charge on any atom is 0.416 e. The van der Waals surface area contributed by atoms with Crippen molar-refractivity contribution in [3.8, 4) is 11.3 Å². The molecule has 3 N–H and O–H groups in total. The van der Waals surface area contributed by atoms with Crippen molar-refractivity contribution in [1.29, 1.82) is 0 Å². The molecule has 31 heavy (non-hydrogen) atoms. The minimum absolute atomic E-state index is 0.0412. The number of aromatic nitrogens is 2. The van der Waals surface area contributed by atoms with E-state index in [1.54, 1.807) is 6.07 Å². The number of hydrogen-bond donors (Lipinski definition) is 2. The lowest BCUT2D eigenvalue weighted by Gasteiger charge is -2.11. The van der Waals surface area contributed by atoms with Crippen LogP contribution < -0.4 is 5.73 Å². The molecule has 0 saturated heterocycles. The van der Waals surface area contributed by atoms with Crippen LogP contribution in [0.1, 0.15) is 16.7 Å². The van der Waals surface area contributed by atoms with Crippen molar-refractivity contribution in [2.75, 3.05) is 5.73 Å². The molecule has 158 valence electrons. The summed E-state index contributed by atoms with van der Waals surface area (Å²) in [5.74, 6) is -1.69. The predicted molar refractivity (Wildman–Crippen MR) is 104 cm³/mol. The normalized spacial score (nSPS) is 12.5. The van der Waals surface area contributed by atoms with Crippen LogP contribution in [0.25, 0.3) is 16.9 Å². The molecule has 4 aromatic rings. The average Bonchev–Trinajstić information content (AvgIpc) is 3.04. The molecule has 0 atom stereocenters. The number of rotatable bonds is 3. The summed E-state index contributed by atoms with van der Waals surface area (Å²) >= 11 is 0. The average molecular weight is 432 g/mol. The number of anilines is 1. The summed E-state index contributed by atoms with van der Waals surface area (Å²) in [6.45, 7) is 0. The largest absolute Gasteiger partial charge is 0.416 e. The molecule has 0 aliphatic carbocycles. The fraction of sp³-hybridized carbons (Fsp3) is 0.0476. The van der Waals surface area contributed by atoms with Crippen LogP contribution in [0.5, 0.6) is 0 Å². The SMILES string of the molecule is Nc1nc2ccc(/C(=N/O)c3ccc(F)cc3)cn2c1-c1ccc(C(F)(F)F)cc1F. The Morgan fingerprint density at radius 1 is 0.968 bits per heavy atom. The van der Waals surface area contributed by atoms with Gasteiger partial charge in [0.15, 0.2) is 5.82 Å². The molecule has 2 aromatic carbocycles. The first kappa shape index (κ1) is 20.3. The molecule has 0 amide bonds. The Labute approximate surface area is 171 Å². The highest BCUT2D eigenvalue weighted by molar-refractivity contribution is 6.12. The van der Waals surface area contributed by atoms with E-state index in [2.05, 4.69) is 10.1 Å².